The Bertz CT molecular complexity index is 446. The number of ether oxygens (including phenoxy) is 1. The Labute approximate surface area is 139 Å². The molecule has 0 aromatic heterocycles. The average molecular weight is 323 g/mol. The molecule has 1 aliphatic rings. The van der Waals surface area contributed by atoms with Crippen molar-refractivity contribution < 1.29 is 19.4 Å². The zero-order valence-electron chi connectivity index (χ0n) is 14.5. The molecule has 0 heterocycles. The lowest BCUT2D eigenvalue weighted by Crippen LogP contribution is -2.45. The number of nitrogens with zero attached hydrogens (tertiary/aromatic N) is 1. The fourth-order valence-corrected chi connectivity index (χ4v) is 3.75. The van der Waals surface area contributed by atoms with Gasteiger partial charge in [0.25, 0.3) is 0 Å². The number of carbonyl (C=O) groups excluding carboxylic acids is 1. The van der Waals surface area contributed by atoms with Gasteiger partial charge in [-0.2, -0.15) is 5.26 Å². The molecule has 2 unspecified atom stereocenters. The van der Waals surface area contributed by atoms with E-state index < -0.39 is 23.5 Å². The second-order valence-electron chi connectivity index (χ2n) is 6.76. The Balaban J connectivity index is 2.96. The fourth-order valence-electron chi connectivity index (χ4n) is 3.75. The monoisotopic (exact) mass is 323 g/mol. The third kappa shape index (κ3) is 4.95. The Morgan fingerprint density at radius 2 is 1.83 bits per heavy atom. The average Bonchev–Trinajstić information content (AvgIpc) is 3.07. The highest BCUT2D eigenvalue weighted by Crippen LogP contribution is 2.46. The quantitative estimate of drug-likeness (QED) is 0.650. The summed E-state index contributed by atoms with van der Waals surface area (Å²) in [4.78, 5) is 22.7. The number of esters is 1. The van der Waals surface area contributed by atoms with Crippen molar-refractivity contribution in [2.24, 2.45) is 17.3 Å². The van der Waals surface area contributed by atoms with Crippen LogP contribution in [0.25, 0.3) is 0 Å². The van der Waals surface area contributed by atoms with E-state index in [-0.39, 0.29) is 24.7 Å². The van der Waals surface area contributed by atoms with Crippen molar-refractivity contribution in [3.05, 3.63) is 0 Å². The molecule has 0 aromatic rings. The Morgan fingerprint density at radius 3 is 2.26 bits per heavy atom. The van der Waals surface area contributed by atoms with Crippen LogP contribution in [0.4, 0.5) is 0 Å². The van der Waals surface area contributed by atoms with E-state index in [2.05, 4.69) is 6.07 Å². The van der Waals surface area contributed by atoms with Crippen LogP contribution >= 0.6 is 0 Å². The standard InChI is InChI=1S/C18H29NO4/c1-4-13(5-2)17(23-16(22)11-10-15(20)21)18(3,12-19)14-8-6-7-9-14/h13-14,17H,4-11H2,1-3H3,(H,20,21). The van der Waals surface area contributed by atoms with E-state index in [0.29, 0.717) is 0 Å². The van der Waals surface area contributed by atoms with Gasteiger partial charge in [-0.05, 0) is 44.4 Å². The van der Waals surface area contributed by atoms with Crippen LogP contribution in [0.2, 0.25) is 0 Å². The number of hydrogen-bond acceptors (Lipinski definition) is 4. The maximum Gasteiger partial charge on any atom is 0.306 e. The highest BCUT2D eigenvalue weighted by molar-refractivity contribution is 5.76. The van der Waals surface area contributed by atoms with Gasteiger partial charge in [0, 0.05) is 0 Å². The van der Waals surface area contributed by atoms with Crippen LogP contribution in [0.1, 0.15) is 72.1 Å². The summed E-state index contributed by atoms with van der Waals surface area (Å²) in [6, 6.07) is 2.45. The summed E-state index contributed by atoms with van der Waals surface area (Å²) in [5.41, 5.74) is -0.702. The zero-order chi connectivity index (χ0) is 17.5. The summed E-state index contributed by atoms with van der Waals surface area (Å²) in [6.07, 6.45) is 5.04. The highest BCUT2D eigenvalue weighted by atomic mass is 16.5. The highest BCUT2D eigenvalue weighted by Gasteiger charge is 2.47. The van der Waals surface area contributed by atoms with Gasteiger partial charge < -0.3 is 9.84 Å². The molecule has 0 amide bonds. The second-order valence-corrected chi connectivity index (χ2v) is 6.76. The van der Waals surface area contributed by atoms with Crippen molar-refractivity contribution >= 4 is 11.9 Å². The topological polar surface area (TPSA) is 87.4 Å². The van der Waals surface area contributed by atoms with Gasteiger partial charge in [0.05, 0.1) is 24.3 Å². The third-order valence-corrected chi connectivity index (χ3v) is 5.31. The molecule has 1 rings (SSSR count). The molecule has 0 spiro atoms. The van der Waals surface area contributed by atoms with Gasteiger partial charge in [-0.15, -0.1) is 0 Å². The molecular formula is C18H29NO4. The molecule has 0 bridgehead atoms. The molecule has 0 aromatic carbocycles. The van der Waals surface area contributed by atoms with Crippen LogP contribution in [0, 0.1) is 28.6 Å². The van der Waals surface area contributed by atoms with Gasteiger partial charge in [0.15, 0.2) is 0 Å². The Kier molecular flexibility index (Phi) is 7.54. The molecule has 1 N–H and O–H groups in total. The largest absolute Gasteiger partial charge is 0.481 e. The van der Waals surface area contributed by atoms with Crippen LogP contribution in [0.3, 0.4) is 0 Å². The molecule has 5 heteroatoms. The van der Waals surface area contributed by atoms with Gasteiger partial charge in [0.2, 0.25) is 0 Å². The lowest BCUT2D eigenvalue weighted by molar-refractivity contribution is -0.162. The van der Waals surface area contributed by atoms with E-state index in [1.165, 1.54) is 0 Å². The molecule has 0 saturated heterocycles. The van der Waals surface area contributed by atoms with Crippen LogP contribution in [-0.2, 0) is 14.3 Å². The summed E-state index contributed by atoms with van der Waals surface area (Å²) in [7, 11) is 0. The zero-order valence-corrected chi connectivity index (χ0v) is 14.5. The molecule has 2 atom stereocenters. The molecule has 23 heavy (non-hydrogen) atoms. The smallest absolute Gasteiger partial charge is 0.306 e. The molecule has 1 fully saturated rings. The Hall–Kier alpha value is -1.57. The number of carbonyl (C=O) groups is 2. The van der Waals surface area contributed by atoms with Crippen molar-refractivity contribution in [3.63, 3.8) is 0 Å². The van der Waals surface area contributed by atoms with Gasteiger partial charge in [-0.1, -0.05) is 26.7 Å². The minimum atomic E-state index is -1.01. The summed E-state index contributed by atoms with van der Waals surface area (Å²) >= 11 is 0. The Morgan fingerprint density at radius 1 is 1.26 bits per heavy atom. The number of carboxylic acid groups (broad SMARTS) is 1. The first kappa shape index (κ1) is 19.5. The number of rotatable bonds is 9. The van der Waals surface area contributed by atoms with Crippen molar-refractivity contribution in [1.29, 1.82) is 5.26 Å². The first-order valence-electron chi connectivity index (χ1n) is 8.71. The molecule has 5 nitrogen and oxygen atoms in total. The first-order valence-corrected chi connectivity index (χ1v) is 8.71. The second kappa shape index (κ2) is 8.90. The molecule has 0 radical (unpaired) electrons. The van der Waals surface area contributed by atoms with Crippen molar-refractivity contribution in [2.45, 2.75) is 78.2 Å². The number of hydrogen-bond donors (Lipinski definition) is 1. The number of nitriles is 1. The predicted octanol–water partition coefficient (Wildman–Crippen LogP) is 3.92. The van der Waals surface area contributed by atoms with Crippen LogP contribution in [-0.4, -0.2) is 23.1 Å². The maximum absolute atomic E-state index is 12.1. The van der Waals surface area contributed by atoms with Crippen molar-refractivity contribution in [1.82, 2.24) is 0 Å². The number of aliphatic carboxylic acids is 1. The van der Waals surface area contributed by atoms with Gasteiger partial charge in [-0.3, -0.25) is 9.59 Å². The lowest BCUT2D eigenvalue weighted by Gasteiger charge is -2.40. The normalized spacial score (nSPS) is 19.1. The van der Waals surface area contributed by atoms with Gasteiger partial charge in [-0.25, -0.2) is 0 Å². The third-order valence-electron chi connectivity index (χ3n) is 5.31. The molecule has 0 aliphatic heterocycles. The van der Waals surface area contributed by atoms with Crippen LogP contribution in [0.15, 0.2) is 0 Å². The van der Waals surface area contributed by atoms with E-state index in [1.807, 2.05) is 20.8 Å². The lowest BCUT2D eigenvalue weighted by atomic mass is 9.68. The van der Waals surface area contributed by atoms with E-state index in [1.54, 1.807) is 0 Å². The van der Waals surface area contributed by atoms with Gasteiger partial charge >= 0.3 is 11.9 Å². The van der Waals surface area contributed by atoms with E-state index >= 15 is 0 Å². The molecule has 1 saturated carbocycles. The van der Waals surface area contributed by atoms with Gasteiger partial charge in [0.1, 0.15) is 6.10 Å². The molecule has 130 valence electrons. The molecular weight excluding hydrogens is 294 g/mol. The fraction of sp³-hybridized carbons (Fsp3) is 0.833. The predicted molar refractivity (Wildman–Crippen MR) is 86.5 cm³/mol. The summed E-state index contributed by atoms with van der Waals surface area (Å²) in [5.74, 6) is -1.16. The van der Waals surface area contributed by atoms with E-state index in [4.69, 9.17) is 9.84 Å². The van der Waals surface area contributed by atoms with Crippen LogP contribution < -0.4 is 0 Å². The summed E-state index contributed by atoms with van der Waals surface area (Å²) in [6.45, 7) is 5.99. The summed E-state index contributed by atoms with van der Waals surface area (Å²) < 4.78 is 5.69. The minimum Gasteiger partial charge on any atom is -0.481 e. The van der Waals surface area contributed by atoms with Crippen molar-refractivity contribution in [2.75, 3.05) is 0 Å². The van der Waals surface area contributed by atoms with E-state index in [9.17, 15) is 14.9 Å². The van der Waals surface area contributed by atoms with Crippen LogP contribution in [0.5, 0.6) is 0 Å². The summed E-state index contributed by atoms with van der Waals surface area (Å²) in [5, 5.41) is 18.6. The minimum absolute atomic E-state index is 0.119. The SMILES string of the molecule is CCC(CC)C(OC(=O)CCC(=O)O)C(C)(C#N)C1CCCC1. The first-order chi connectivity index (χ1) is 10.9. The number of carboxylic acids is 1. The maximum atomic E-state index is 12.1. The molecule has 1 aliphatic carbocycles. The van der Waals surface area contributed by atoms with E-state index in [0.717, 1.165) is 38.5 Å². The van der Waals surface area contributed by atoms with Crippen molar-refractivity contribution in [3.8, 4) is 6.07 Å².